The SMILES string of the molecule is CCC(N)CC(=O)NC(C)c1cc(OC)ccc1OC. The van der Waals surface area contributed by atoms with Crippen molar-refractivity contribution in [3.8, 4) is 11.5 Å². The predicted octanol–water partition coefficient (Wildman–Crippen LogP) is 2.01. The summed E-state index contributed by atoms with van der Waals surface area (Å²) in [5, 5.41) is 2.93. The Morgan fingerprint density at radius 1 is 1.35 bits per heavy atom. The van der Waals surface area contributed by atoms with E-state index < -0.39 is 0 Å². The number of hydrogen-bond acceptors (Lipinski definition) is 4. The largest absolute Gasteiger partial charge is 0.497 e. The first kappa shape index (κ1) is 16.3. The van der Waals surface area contributed by atoms with Gasteiger partial charge >= 0.3 is 0 Å². The van der Waals surface area contributed by atoms with Gasteiger partial charge in [0.1, 0.15) is 11.5 Å². The molecule has 3 N–H and O–H groups in total. The summed E-state index contributed by atoms with van der Waals surface area (Å²) in [6.07, 6.45) is 1.11. The summed E-state index contributed by atoms with van der Waals surface area (Å²) in [5.41, 5.74) is 6.66. The van der Waals surface area contributed by atoms with Crippen LogP contribution < -0.4 is 20.5 Å². The fraction of sp³-hybridized carbons (Fsp3) is 0.533. The second-order valence-corrected chi connectivity index (χ2v) is 4.77. The molecule has 0 spiro atoms. The van der Waals surface area contributed by atoms with Crippen LogP contribution in [0, 0.1) is 0 Å². The monoisotopic (exact) mass is 280 g/mol. The van der Waals surface area contributed by atoms with Crippen molar-refractivity contribution in [1.29, 1.82) is 0 Å². The van der Waals surface area contributed by atoms with E-state index in [-0.39, 0.29) is 18.0 Å². The Balaban J connectivity index is 2.80. The number of hydrogen-bond donors (Lipinski definition) is 2. The van der Waals surface area contributed by atoms with Crippen LogP contribution in [0.4, 0.5) is 0 Å². The third-order valence-corrected chi connectivity index (χ3v) is 3.25. The molecule has 0 aromatic heterocycles. The van der Waals surface area contributed by atoms with Crippen LogP contribution in [0.1, 0.15) is 38.3 Å². The summed E-state index contributed by atoms with van der Waals surface area (Å²) in [4.78, 5) is 11.9. The van der Waals surface area contributed by atoms with Gasteiger partial charge in [0.25, 0.3) is 0 Å². The van der Waals surface area contributed by atoms with E-state index in [1.165, 1.54) is 0 Å². The first-order chi connectivity index (χ1) is 9.51. The van der Waals surface area contributed by atoms with Gasteiger partial charge in [0.05, 0.1) is 20.3 Å². The fourth-order valence-electron chi connectivity index (χ4n) is 1.94. The molecular weight excluding hydrogens is 256 g/mol. The number of amides is 1. The zero-order chi connectivity index (χ0) is 15.1. The zero-order valence-electron chi connectivity index (χ0n) is 12.6. The van der Waals surface area contributed by atoms with E-state index in [2.05, 4.69) is 5.32 Å². The van der Waals surface area contributed by atoms with Crippen LogP contribution in [0.15, 0.2) is 18.2 Å². The lowest BCUT2D eigenvalue weighted by Gasteiger charge is -2.19. The van der Waals surface area contributed by atoms with Gasteiger partial charge in [0.15, 0.2) is 0 Å². The highest BCUT2D eigenvalue weighted by molar-refractivity contribution is 5.77. The fourth-order valence-corrected chi connectivity index (χ4v) is 1.94. The number of carbonyl (C=O) groups excluding carboxylic acids is 1. The molecule has 0 radical (unpaired) electrons. The lowest BCUT2D eigenvalue weighted by atomic mass is 10.1. The third-order valence-electron chi connectivity index (χ3n) is 3.25. The van der Waals surface area contributed by atoms with Gasteiger partial charge in [0.2, 0.25) is 5.91 Å². The summed E-state index contributed by atoms with van der Waals surface area (Å²) < 4.78 is 10.5. The van der Waals surface area contributed by atoms with Crippen molar-refractivity contribution in [1.82, 2.24) is 5.32 Å². The van der Waals surface area contributed by atoms with E-state index in [9.17, 15) is 4.79 Å². The maximum atomic E-state index is 11.9. The lowest BCUT2D eigenvalue weighted by Crippen LogP contribution is -2.33. The highest BCUT2D eigenvalue weighted by atomic mass is 16.5. The molecule has 5 nitrogen and oxygen atoms in total. The van der Waals surface area contributed by atoms with Gasteiger partial charge in [-0.3, -0.25) is 4.79 Å². The van der Waals surface area contributed by atoms with E-state index in [0.717, 1.165) is 23.5 Å². The van der Waals surface area contributed by atoms with Crippen LogP contribution in [0.2, 0.25) is 0 Å². The van der Waals surface area contributed by atoms with Gasteiger partial charge in [-0.25, -0.2) is 0 Å². The molecule has 5 heteroatoms. The maximum Gasteiger partial charge on any atom is 0.222 e. The molecule has 1 rings (SSSR count). The smallest absolute Gasteiger partial charge is 0.222 e. The molecule has 0 aliphatic rings. The van der Waals surface area contributed by atoms with Crippen molar-refractivity contribution in [2.75, 3.05) is 14.2 Å². The van der Waals surface area contributed by atoms with Crippen LogP contribution in [0.3, 0.4) is 0 Å². The van der Waals surface area contributed by atoms with Crippen molar-refractivity contribution in [3.05, 3.63) is 23.8 Å². The molecule has 1 aromatic carbocycles. The van der Waals surface area contributed by atoms with Crippen molar-refractivity contribution in [2.45, 2.75) is 38.8 Å². The van der Waals surface area contributed by atoms with Gasteiger partial charge in [0, 0.05) is 18.0 Å². The number of methoxy groups -OCH3 is 2. The van der Waals surface area contributed by atoms with Crippen LogP contribution in [0.5, 0.6) is 11.5 Å². The second-order valence-electron chi connectivity index (χ2n) is 4.77. The number of nitrogens with one attached hydrogen (secondary N) is 1. The summed E-state index contributed by atoms with van der Waals surface area (Å²) in [6, 6.07) is 5.24. The van der Waals surface area contributed by atoms with Crippen LogP contribution >= 0.6 is 0 Å². The quantitative estimate of drug-likeness (QED) is 0.801. The van der Waals surface area contributed by atoms with Crippen LogP contribution in [-0.2, 0) is 4.79 Å². The van der Waals surface area contributed by atoms with Crippen molar-refractivity contribution < 1.29 is 14.3 Å². The summed E-state index contributed by atoms with van der Waals surface area (Å²) in [6.45, 7) is 3.87. The number of carbonyl (C=O) groups is 1. The van der Waals surface area contributed by atoms with E-state index in [4.69, 9.17) is 15.2 Å². The van der Waals surface area contributed by atoms with Gasteiger partial charge in [-0.1, -0.05) is 6.92 Å². The summed E-state index contributed by atoms with van der Waals surface area (Å²) in [5.74, 6) is 1.39. The minimum Gasteiger partial charge on any atom is -0.497 e. The van der Waals surface area contributed by atoms with Gasteiger partial charge in [-0.2, -0.15) is 0 Å². The summed E-state index contributed by atoms with van der Waals surface area (Å²) >= 11 is 0. The first-order valence-electron chi connectivity index (χ1n) is 6.78. The van der Waals surface area contributed by atoms with Crippen LogP contribution in [0.25, 0.3) is 0 Å². The Hall–Kier alpha value is -1.75. The lowest BCUT2D eigenvalue weighted by molar-refractivity contribution is -0.122. The van der Waals surface area contributed by atoms with E-state index >= 15 is 0 Å². The zero-order valence-corrected chi connectivity index (χ0v) is 12.6. The molecule has 0 saturated heterocycles. The Morgan fingerprint density at radius 2 is 2.05 bits per heavy atom. The third kappa shape index (κ3) is 4.42. The highest BCUT2D eigenvalue weighted by Crippen LogP contribution is 2.29. The van der Waals surface area contributed by atoms with Crippen molar-refractivity contribution in [2.24, 2.45) is 5.73 Å². The minimum absolute atomic E-state index is 0.0586. The molecule has 112 valence electrons. The van der Waals surface area contributed by atoms with E-state index in [0.29, 0.717) is 6.42 Å². The molecule has 1 aromatic rings. The van der Waals surface area contributed by atoms with Gasteiger partial charge < -0.3 is 20.5 Å². The average molecular weight is 280 g/mol. The molecular formula is C15H24N2O3. The van der Waals surface area contributed by atoms with Gasteiger partial charge in [-0.15, -0.1) is 0 Å². The first-order valence-corrected chi connectivity index (χ1v) is 6.78. The average Bonchev–Trinajstić information content (AvgIpc) is 2.45. The molecule has 0 fully saturated rings. The Morgan fingerprint density at radius 3 is 2.60 bits per heavy atom. The standard InChI is InChI=1S/C15H24N2O3/c1-5-11(16)8-15(18)17-10(2)13-9-12(19-3)6-7-14(13)20-4/h6-7,9-11H,5,8,16H2,1-4H3,(H,17,18). The highest BCUT2D eigenvalue weighted by Gasteiger charge is 2.16. The number of rotatable bonds is 7. The van der Waals surface area contributed by atoms with E-state index in [1.807, 2.05) is 32.0 Å². The second kappa shape index (κ2) is 7.75. The molecule has 20 heavy (non-hydrogen) atoms. The summed E-state index contributed by atoms with van der Waals surface area (Å²) in [7, 11) is 3.21. The minimum atomic E-state index is -0.170. The number of benzene rings is 1. The topological polar surface area (TPSA) is 73.6 Å². The molecule has 0 saturated carbocycles. The molecule has 0 bridgehead atoms. The van der Waals surface area contributed by atoms with Crippen molar-refractivity contribution >= 4 is 5.91 Å². The number of nitrogens with two attached hydrogens (primary N) is 1. The van der Waals surface area contributed by atoms with Crippen LogP contribution in [-0.4, -0.2) is 26.2 Å². The van der Waals surface area contributed by atoms with Gasteiger partial charge in [-0.05, 0) is 31.5 Å². The van der Waals surface area contributed by atoms with E-state index in [1.54, 1.807) is 14.2 Å². The molecule has 2 atom stereocenters. The molecule has 2 unspecified atom stereocenters. The van der Waals surface area contributed by atoms with Crippen molar-refractivity contribution in [3.63, 3.8) is 0 Å². The molecule has 0 aliphatic carbocycles. The normalized spacial score (nSPS) is 13.4. The Bertz CT molecular complexity index is 449. The predicted molar refractivity (Wildman–Crippen MR) is 79.0 cm³/mol. The molecule has 0 aliphatic heterocycles. The molecule has 1 amide bonds. The Kier molecular flexibility index (Phi) is 6.31. The maximum absolute atomic E-state index is 11.9. The Labute approximate surface area is 120 Å². The molecule has 0 heterocycles. The number of ether oxygens (including phenoxy) is 2.